The van der Waals surface area contributed by atoms with Gasteiger partial charge in [0.2, 0.25) is 0 Å². The standard InChI is InChI=1S/6O4Si.H2O.4U/c6*1-5(2,3)4;;;;;/h;;;;;;1H2;;;;/q6*-4;;4*+6. The van der Waals surface area contributed by atoms with E-state index < -0.39 is 54.3 Å². The van der Waals surface area contributed by atoms with Gasteiger partial charge in [0.25, 0.3) is 0 Å². The van der Waals surface area contributed by atoms with Gasteiger partial charge in [-0.25, -0.2) is 0 Å². The minimum Gasteiger partial charge on any atom is -0.894 e. The van der Waals surface area contributed by atoms with Crippen LogP contribution in [-0.2, 0) is 0 Å². The van der Waals surface area contributed by atoms with Crippen LogP contribution >= 0.6 is 0 Å². The molecule has 35 heavy (non-hydrogen) atoms. The Balaban J connectivity index is -0.0000000213. The summed E-state index contributed by atoms with van der Waals surface area (Å²) in [5, 5.41) is 0. The van der Waals surface area contributed by atoms with Crippen molar-refractivity contribution >= 4 is 54.3 Å². The van der Waals surface area contributed by atoms with Crippen molar-refractivity contribution in [3.05, 3.63) is 0 Å². The van der Waals surface area contributed by atoms with Crippen molar-refractivity contribution in [3.63, 3.8) is 0 Å². The molecule has 0 fully saturated rings. The molecule has 0 saturated heterocycles. The largest absolute Gasteiger partial charge is 6.00 e. The molecule has 192 valence electrons. The van der Waals surface area contributed by atoms with Gasteiger partial charge in [0.15, 0.2) is 0 Å². The fourth-order valence-corrected chi connectivity index (χ4v) is 0. The van der Waals surface area contributed by atoms with Crippen LogP contribution in [0.2, 0.25) is 0 Å². The first-order chi connectivity index (χ1) is 12.0. The van der Waals surface area contributed by atoms with Gasteiger partial charge in [-0.3, -0.25) is 0 Å². The second-order valence-corrected chi connectivity index (χ2v) is 9.00. The Hall–Kier alpha value is 4.51. The Morgan fingerprint density at radius 2 is 0.171 bits per heavy atom. The zero-order valence-electron chi connectivity index (χ0n) is 15.3. The SMILES string of the molecule is O.[O-][Si]([O-])([O-])[O-].[O-][Si]([O-])([O-])[O-].[O-][Si]([O-])([O-])[O-].[O-][Si]([O-])([O-])[O-].[O-][Si]([O-])([O-])[O-].[O-][Si]([O-])([O-])[O-].[U+6].[U+6].[U+6].[U+6]. The van der Waals surface area contributed by atoms with Crippen molar-refractivity contribution in [1.82, 2.24) is 0 Å². The van der Waals surface area contributed by atoms with E-state index >= 15 is 0 Å². The van der Waals surface area contributed by atoms with Crippen LogP contribution in [0.4, 0.5) is 0 Å². The van der Waals surface area contributed by atoms with Crippen LogP contribution < -0.4 is 115 Å². The van der Waals surface area contributed by atoms with Crippen LogP contribution in [0, 0.1) is 124 Å². The first kappa shape index (κ1) is 72.1. The van der Waals surface area contributed by atoms with Gasteiger partial charge in [0.05, 0.1) is 0 Å². The topological polar surface area (TPSA) is 585 Å². The van der Waals surface area contributed by atoms with Crippen molar-refractivity contribution in [1.29, 1.82) is 0 Å². The molecule has 0 aromatic carbocycles. The molecule has 0 atom stereocenters. The fourth-order valence-electron chi connectivity index (χ4n) is 0. The van der Waals surface area contributed by atoms with Gasteiger partial charge in [-0.2, -0.15) is 0 Å². The molecule has 0 spiro atoms. The van der Waals surface area contributed by atoms with Crippen molar-refractivity contribution in [2.75, 3.05) is 0 Å². The zero-order valence-corrected chi connectivity index (χ0v) is 38.0. The van der Waals surface area contributed by atoms with E-state index in [4.69, 9.17) is 115 Å². The number of rotatable bonds is 0. The predicted molar refractivity (Wildman–Crippen MR) is 38.1 cm³/mol. The van der Waals surface area contributed by atoms with Gasteiger partial charge in [-0.05, 0) is 0 Å². The third-order valence-electron chi connectivity index (χ3n) is 0. The van der Waals surface area contributed by atoms with Crippen LogP contribution in [0.5, 0.6) is 0 Å². The first-order valence-corrected chi connectivity index (χ1v) is 14.7. The molecule has 2 N–H and O–H groups in total. The molecule has 0 aliphatic heterocycles. The number of hydrogen-bond donors (Lipinski definition) is 0. The van der Waals surface area contributed by atoms with Crippen molar-refractivity contribution < 1.29 is 245 Å². The molecule has 0 rings (SSSR count). The smallest absolute Gasteiger partial charge is 0.894 e. The van der Waals surface area contributed by atoms with E-state index in [1.54, 1.807) is 0 Å². The van der Waals surface area contributed by atoms with Crippen LogP contribution in [-0.4, -0.2) is 59.8 Å². The van der Waals surface area contributed by atoms with Gasteiger partial charge < -0.3 is 175 Å². The summed E-state index contributed by atoms with van der Waals surface area (Å²) < 4.78 is 0. The van der Waals surface area contributed by atoms with E-state index in [1.165, 1.54) is 0 Å². The van der Waals surface area contributed by atoms with Crippen LogP contribution in [0.25, 0.3) is 0 Å². The van der Waals surface area contributed by atoms with Gasteiger partial charge in [0.1, 0.15) is 0 Å². The second kappa shape index (κ2) is 33.0. The van der Waals surface area contributed by atoms with Crippen LogP contribution in [0.15, 0.2) is 0 Å². The summed E-state index contributed by atoms with van der Waals surface area (Å²) in [6.45, 7) is 0. The molecule has 25 nitrogen and oxygen atoms in total. The Bertz CT molecular complexity index is 226. The summed E-state index contributed by atoms with van der Waals surface area (Å²) >= 11 is 0. The van der Waals surface area contributed by atoms with Crippen molar-refractivity contribution in [3.8, 4) is 0 Å². The third kappa shape index (κ3) is 2520. The Morgan fingerprint density at radius 1 is 0.171 bits per heavy atom. The zero-order chi connectivity index (χ0) is 27.0. The number of hydrogen-bond acceptors (Lipinski definition) is 24. The molecule has 0 bridgehead atoms. The maximum atomic E-state index is 8.58. The minimum atomic E-state index is -5.61. The van der Waals surface area contributed by atoms with Gasteiger partial charge in [-0.15, -0.1) is 0 Å². The van der Waals surface area contributed by atoms with E-state index in [9.17, 15) is 0 Å². The van der Waals surface area contributed by atoms with E-state index in [0.29, 0.717) is 0 Å². The average Bonchev–Trinajstić information content (AvgIpc) is 1.94. The quantitative estimate of drug-likeness (QED) is 0.203. The summed E-state index contributed by atoms with van der Waals surface area (Å²) in [5.41, 5.74) is 0. The Morgan fingerprint density at radius 3 is 0.171 bits per heavy atom. The molecule has 0 heterocycles. The summed E-state index contributed by atoms with van der Waals surface area (Å²) in [5.74, 6) is 0. The van der Waals surface area contributed by atoms with Crippen LogP contribution in [0.1, 0.15) is 0 Å². The van der Waals surface area contributed by atoms with E-state index in [1.807, 2.05) is 0 Å². The fraction of sp³-hybridized carbons (Fsp3) is 0. The molecule has 0 radical (unpaired) electrons. The molecular formula is H2O25Si6U4. The molecular weight excluding hydrogens is 1520 g/mol. The van der Waals surface area contributed by atoms with E-state index in [-0.39, 0.29) is 130 Å². The molecule has 0 aromatic rings. The summed E-state index contributed by atoms with van der Waals surface area (Å²) in [6, 6.07) is 0. The Labute approximate surface area is 295 Å². The van der Waals surface area contributed by atoms with Gasteiger partial charge in [0, 0.05) is 0 Å². The molecule has 0 saturated carbocycles. The normalized spacial score (nSPS) is 10.3. The Kier molecular flexibility index (Phi) is 68.0. The maximum absolute atomic E-state index is 8.58. The summed E-state index contributed by atoms with van der Waals surface area (Å²) in [7, 11) is -33.7. The van der Waals surface area contributed by atoms with Crippen molar-refractivity contribution in [2.24, 2.45) is 0 Å². The first-order valence-electron chi connectivity index (χ1n) is 4.90. The monoisotopic (exact) mass is 1520 g/mol. The van der Waals surface area contributed by atoms with E-state index in [0.717, 1.165) is 0 Å². The molecule has 0 unspecified atom stereocenters. The van der Waals surface area contributed by atoms with Crippen LogP contribution in [0.3, 0.4) is 0 Å². The van der Waals surface area contributed by atoms with Gasteiger partial charge in [-0.1, -0.05) is 0 Å². The predicted octanol–water partition coefficient (Wildman–Crippen LogP) is -31.6. The maximum Gasteiger partial charge on any atom is 6.00 e. The molecule has 35 heteroatoms. The van der Waals surface area contributed by atoms with Gasteiger partial charge >= 0.3 is 124 Å². The summed E-state index contributed by atoms with van der Waals surface area (Å²) in [6.07, 6.45) is 0. The third-order valence-corrected chi connectivity index (χ3v) is 0. The van der Waals surface area contributed by atoms with E-state index in [2.05, 4.69) is 0 Å². The molecule has 0 amide bonds. The minimum absolute atomic E-state index is 0. The summed E-state index contributed by atoms with van der Waals surface area (Å²) in [4.78, 5) is 206. The second-order valence-electron chi connectivity index (χ2n) is 3.00. The van der Waals surface area contributed by atoms with Crippen molar-refractivity contribution in [2.45, 2.75) is 0 Å². The molecule has 0 aliphatic rings. The average molecular weight is 1520 g/mol. The molecule has 0 aliphatic carbocycles. The molecule has 0 aromatic heterocycles.